The van der Waals surface area contributed by atoms with Crippen molar-refractivity contribution in [1.82, 2.24) is 25.1 Å². The first-order valence-electron chi connectivity index (χ1n) is 9.96. The molecule has 0 amide bonds. The maximum absolute atomic E-state index is 4.72. The van der Waals surface area contributed by atoms with Crippen LogP contribution >= 0.6 is 24.0 Å². The number of guanidine groups is 1. The Morgan fingerprint density at radius 2 is 1.72 bits per heavy atom. The first-order chi connectivity index (χ1) is 13.7. The Labute approximate surface area is 191 Å². The SMILES string of the molecule is CN(C)C(=NCc1ccccc1)NCCCN1CCN(c2ncccn2)CC1.I. The van der Waals surface area contributed by atoms with Gasteiger partial charge in [0.15, 0.2) is 5.96 Å². The number of aliphatic imine (C=N–C) groups is 1. The first-order valence-corrected chi connectivity index (χ1v) is 9.96. The van der Waals surface area contributed by atoms with Gasteiger partial charge in [-0.1, -0.05) is 30.3 Å². The molecule has 1 aliphatic heterocycles. The fourth-order valence-electron chi connectivity index (χ4n) is 3.23. The van der Waals surface area contributed by atoms with Crippen LogP contribution in [0.1, 0.15) is 12.0 Å². The van der Waals surface area contributed by atoms with Gasteiger partial charge in [-0.15, -0.1) is 24.0 Å². The third kappa shape index (κ3) is 7.77. The Kier molecular flexibility index (Phi) is 10.1. The van der Waals surface area contributed by atoms with Gasteiger partial charge in [-0.3, -0.25) is 4.90 Å². The lowest BCUT2D eigenvalue weighted by molar-refractivity contribution is 0.254. The van der Waals surface area contributed by atoms with Crippen LogP contribution in [0.2, 0.25) is 0 Å². The van der Waals surface area contributed by atoms with Gasteiger partial charge in [-0.2, -0.15) is 0 Å². The van der Waals surface area contributed by atoms with Crippen LogP contribution < -0.4 is 10.2 Å². The van der Waals surface area contributed by atoms with Crippen LogP contribution in [0, 0.1) is 0 Å². The quantitative estimate of drug-likeness (QED) is 0.268. The second-order valence-electron chi connectivity index (χ2n) is 7.18. The Hall–Kier alpha value is -1.94. The topological polar surface area (TPSA) is 59.9 Å². The molecule has 0 atom stereocenters. The minimum atomic E-state index is 0. The van der Waals surface area contributed by atoms with Crippen molar-refractivity contribution in [2.24, 2.45) is 4.99 Å². The fraction of sp³-hybridized carbons (Fsp3) is 0.476. The molecule has 1 saturated heterocycles. The molecule has 0 saturated carbocycles. The second-order valence-corrected chi connectivity index (χ2v) is 7.18. The summed E-state index contributed by atoms with van der Waals surface area (Å²) in [6, 6.07) is 12.2. The van der Waals surface area contributed by atoms with Crippen molar-refractivity contribution >= 4 is 35.9 Å². The highest BCUT2D eigenvalue weighted by molar-refractivity contribution is 14.0. The molecule has 0 radical (unpaired) electrons. The molecule has 2 heterocycles. The fourth-order valence-corrected chi connectivity index (χ4v) is 3.23. The number of rotatable bonds is 7. The van der Waals surface area contributed by atoms with E-state index in [9.17, 15) is 0 Å². The number of anilines is 1. The maximum atomic E-state index is 4.72. The van der Waals surface area contributed by atoms with Crippen molar-refractivity contribution < 1.29 is 0 Å². The highest BCUT2D eigenvalue weighted by Crippen LogP contribution is 2.09. The van der Waals surface area contributed by atoms with Crippen molar-refractivity contribution in [3.05, 3.63) is 54.4 Å². The Morgan fingerprint density at radius 3 is 2.38 bits per heavy atom. The number of piperazine rings is 1. The molecular weight excluding hydrogens is 477 g/mol. The average molecular weight is 509 g/mol. The third-order valence-electron chi connectivity index (χ3n) is 4.82. The van der Waals surface area contributed by atoms with E-state index in [1.54, 1.807) is 0 Å². The first kappa shape index (κ1) is 23.3. The van der Waals surface area contributed by atoms with E-state index in [0.717, 1.165) is 57.6 Å². The van der Waals surface area contributed by atoms with E-state index < -0.39 is 0 Å². The van der Waals surface area contributed by atoms with Gasteiger partial charge in [0.1, 0.15) is 0 Å². The van der Waals surface area contributed by atoms with Gasteiger partial charge < -0.3 is 15.1 Å². The monoisotopic (exact) mass is 509 g/mol. The molecule has 7 nitrogen and oxygen atoms in total. The number of nitrogens with zero attached hydrogens (tertiary/aromatic N) is 6. The summed E-state index contributed by atoms with van der Waals surface area (Å²) in [7, 11) is 4.06. The summed E-state index contributed by atoms with van der Waals surface area (Å²) in [6.07, 6.45) is 4.71. The van der Waals surface area contributed by atoms with Gasteiger partial charge in [0.25, 0.3) is 0 Å². The molecule has 158 valence electrons. The molecule has 1 aromatic heterocycles. The molecule has 1 N–H and O–H groups in total. The number of halogens is 1. The second kappa shape index (κ2) is 12.6. The third-order valence-corrected chi connectivity index (χ3v) is 4.82. The predicted molar refractivity (Wildman–Crippen MR) is 130 cm³/mol. The van der Waals surface area contributed by atoms with Crippen LogP contribution in [0.25, 0.3) is 0 Å². The van der Waals surface area contributed by atoms with E-state index in [1.165, 1.54) is 5.56 Å². The van der Waals surface area contributed by atoms with Crippen molar-refractivity contribution in [1.29, 1.82) is 0 Å². The molecule has 0 aliphatic carbocycles. The molecule has 2 aromatic rings. The molecule has 0 unspecified atom stereocenters. The Morgan fingerprint density at radius 1 is 1.03 bits per heavy atom. The predicted octanol–water partition coefficient (Wildman–Crippen LogP) is 2.31. The number of hydrogen-bond donors (Lipinski definition) is 1. The lowest BCUT2D eigenvalue weighted by Gasteiger charge is -2.34. The van der Waals surface area contributed by atoms with Crippen molar-refractivity contribution in [2.75, 3.05) is 58.3 Å². The van der Waals surface area contributed by atoms with E-state index in [4.69, 9.17) is 4.99 Å². The standard InChI is InChI=1S/C21H31N7.HI/c1-26(2)20(25-18-19-8-4-3-5-9-19)22-12-7-13-27-14-16-28(17-15-27)21-23-10-6-11-24-21;/h3-6,8-11H,7,12-18H2,1-2H3,(H,22,25);1H. The summed E-state index contributed by atoms with van der Waals surface area (Å²) in [5, 5.41) is 3.48. The highest BCUT2D eigenvalue weighted by atomic mass is 127. The van der Waals surface area contributed by atoms with E-state index in [0.29, 0.717) is 6.54 Å². The van der Waals surface area contributed by atoms with Crippen LogP contribution in [-0.4, -0.2) is 79.1 Å². The van der Waals surface area contributed by atoms with Gasteiger partial charge >= 0.3 is 0 Å². The molecule has 0 bridgehead atoms. The van der Waals surface area contributed by atoms with E-state index in [1.807, 2.05) is 43.5 Å². The number of benzene rings is 1. The van der Waals surface area contributed by atoms with Gasteiger partial charge in [-0.25, -0.2) is 15.0 Å². The normalized spacial score (nSPS) is 15.0. The summed E-state index contributed by atoms with van der Waals surface area (Å²) in [5.41, 5.74) is 1.23. The largest absolute Gasteiger partial charge is 0.356 e. The minimum Gasteiger partial charge on any atom is -0.356 e. The van der Waals surface area contributed by atoms with Gasteiger partial charge in [-0.05, 0) is 24.6 Å². The lowest BCUT2D eigenvalue weighted by Crippen LogP contribution is -2.47. The number of hydrogen-bond acceptors (Lipinski definition) is 5. The highest BCUT2D eigenvalue weighted by Gasteiger charge is 2.18. The summed E-state index contributed by atoms with van der Waals surface area (Å²) < 4.78 is 0. The molecule has 29 heavy (non-hydrogen) atoms. The van der Waals surface area contributed by atoms with Crippen LogP contribution in [0.15, 0.2) is 53.8 Å². The Balaban J connectivity index is 0.00000300. The van der Waals surface area contributed by atoms with Gasteiger partial charge in [0.2, 0.25) is 5.95 Å². The Bertz CT molecular complexity index is 716. The van der Waals surface area contributed by atoms with E-state index in [-0.39, 0.29) is 24.0 Å². The van der Waals surface area contributed by atoms with Crippen molar-refractivity contribution in [3.63, 3.8) is 0 Å². The average Bonchev–Trinajstić information content (AvgIpc) is 2.75. The van der Waals surface area contributed by atoms with E-state index >= 15 is 0 Å². The zero-order chi connectivity index (χ0) is 19.6. The molecular formula is C21H32IN7. The van der Waals surface area contributed by atoms with Crippen LogP contribution in [0.3, 0.4) is 0 Å². The van der Waals surface area contributed by atoms with Crippen molar-refractivity contribution in [3.8, 4) is 0 Å². The lowest BCUT2D eigenvalue weighted by atomic mass is 10.2. The van der Waals surface area contributed by atoms with Crippen LogP contribution in [-0.2, 0) is 6.54 Å². The summed E-state index contributed by atoms with van der Waals surface area (Å²) in [6.45, 7) is 6.80. The van der Waals surface area contributed by atoms with Gasteiger partial charge in [0, 0.05) is 59.2 Å². The summed E-state index contributed by atoms with van der Waals surface area (Å²) >= 11 is 0. The zero-order valence-corrected chi connectivity index (χ0v) is 19.7. The minimum absolute atomic E-state index is 0. The summed E-state index contributed by atoms with van der Waals surface area (Å²) in [4.78, 5) is 20.2. The number of aromatic nitrogens is 2. The van der Waals surface area contributed by atoms with E-state index in [2.05, 4.69) is 49.4 Å². The maximum Gasteiger partial charge on any atom is 0.225 e. The summed E-state index contributed by atoms with van der Waals surface area (Å²) in [5.74, 6) is 1.78. The molecule has 3 rings (SSSR count). The zero-order valence-electron chi connectivity index (χ0n) is 17.4. The van der Waals surface area contributed by atoms with Crippen LogP contribution in [0.5, 0.6) is 0 Å². The molecule has 1 fully saturated rings. The molecule has 8 heteroatoms. The number of nitrogens with one attached hydrogen (secondary N) is 1. The molecule has 0 spiro atoms. The molecule has 1 aromatic carbocycles. The van der Waals surface area contributed by atoms with Crippen LogP contribution in [0.4, 0.5) is 5.95 Å². The van der Waals surface area contributed by atoms with Crippen molar-refractivity contribution in [2.45, 2.75) is 13.0 Å². The molecule has 1 aliphatic rings. The van der Waals surface area contributed by atoms with Gasteiger partial charge in [0.05, 0.1) is 6.54 Å². The smallest absolute Gasteiger partial charge is 0.225 e.